The molecule has 0 spiro atoms. The number of pyridine rings is 1. The fourth-order valence-corrected chi connectivity index (χ4v) is 6.78. The van der Waals surface area contributed by atoms with E-state index in [0.717, 1.165) is 11.1 Å². The van der Waals surface area contributed by atoms with E-state index in [0.29, 0.717) is 22.7 Å². The summed E-state index contributed by atoms with van der Waals surface area (Å²) in [6.07, 6.45) is 1.65. The van der Waals surface area contributed by atoms with Gasteiger partial charge in [0.25, 0.3) is 0 Å². The van der Waals surface area contributed by atoms with Crippen molar-refractivity contribution in [1.29, 1.82) is 0 Å². The van der Waals surface area contributed by atoms with Gasteiger partial charge in [-0.1, -0.05) is 0 Å². The number of ether oxygens (including phenoxy) is 3. The number of carboxylic acids is 1. The first-order chi connectivity index (χ1) is 19.3. The second-order valence-corrected chi connectivity index (χ2v) is 13.3. The molecule has 42 heavy (non-hydrogen) atoms. The molecule has 0 bridgehead atoms. The minimum atomic E-state index is -4.15. The fraction of sp³-hybridized carbons (Fsp3) is 0.321. The molecule has 4 aromatic rings. The first kappa shape index (κ1) is 33.3. The third kappa shape index (κ3) is 6.55. The number of rotatable bonds is 11. The number of methoxy groups -OCH3 is 2. The largest absolute Gasteiger partial charge is 0.609 e. The molecule has 0 fully saturated rings. The second-order valence-electron chi connectivity index (χ2n) is 10.0. The van der Waals surface area contributed by atoms with Crippen LogP contribution in [-0.4, -0.2) is 78.7 Å². The molecule has 0 amide bonds. The van der Waals surface area contributed by atoms with Crippen molar-refractivity contribution in [1.82, 2.24) is 15.0 Å². The first-order valence-electron chi connectivity index (χ1n) is 12.5. The number of hydrogen-bond acceptors (Lipinski definition) is 9. The number of aromatic nitrogens is 3. The van der Waals surface area contributed by atoms with Crippen LogP contribution in [0.5, 0.6) is 17.2 Å². The third-order valence-electron chi connectivity index (χ3n) is 6.59. The predicted octanol–water partition coefficient (Wildman–Crippen LogP) is 3.84. The van der Waals surface area contributed by atoms with Crippen LogP contribution in [0, 0.1) is 19.3 Å². The van der Waals surface area contributed by atoms with Gasteiger partial charge in [-0.3, -0.25) is 14.8 Å². The molecule has 14 heteroatoms. The Hall–Kier alpha value is -3.21. The van der Waals surface area contributed by atoms with E-state index in [1.165, 1.54) is 51.3 Å². The van der Waals surface area contributed by atoms with E-state index in [2.05, 4.69) is 15.0 Å². The molecule has 2 aromatic carbocycles. The maximum atomic E-state index is 13.8. The number of aromatic amines is 1. The normalized spacial score (nSPS) is 12.5. The average molecular weight is 609 g/mol. The van der Waals surface area contributed by atoms with Crippen molar-refractivity contribution in [2.45, 2.75) is 48.4 Å². The monoisotopic (exact) mass is 608 g/mol. The average Bonchev–Trinajstić information content (AvgIpc) is 3.37. The molecule has 1 radical (unpaired) electrons. The van der Waals surface area contributed by atoms with Gasteiger partial charge in [0.2, 0.25) is 9.84 Å². The standard InChI is InChI=1S/C28H31N3O8S2.Li/c1-16-13-29-21(17(2)24(16)38-6)14-40(34)27-30-20-11-12-22(37-5)25(23(20)31-27)41(35,36)19-9-7-18(8-10-19)39-15-28(3,4)26(32)33;/h7-13H,14-15H2,1-6H3,(H,30,31)(H,32,33);. The molecule has 2 aromatic heterocycles. The van der Waals surface area contributed by atoms with E-state index < -0.39 is 32.4 Å². The molecular weight excluding hydrogens is 577 g/mol. The third-order valence-corrected chi connectivity index (χ3v) is 9.58. The second kappa shape index (κ2) is 13.0. The summed E-state index contributed by atoms with van der Waals surface area (Å²) in [6.45, 7) is 6.67. The summed E-state index contributed by atoms with van der Waals surface area (Å²) >= 11 is -1.68. The van der Waals surface area contributed by atoms with Gasteiger partial charge in [-0.15, -0.1) is 0 Å². The van der Waals surface area contributed by atoms with Crippen LogP contribution < -0.4 is 14.2 Å². The zero-order valence-corrected chi connectivity index (χ0v) is 26.1. The number of fused-ring (bicyclic) bond motifs is 1. The molecular formula is C28H31LiN3O8S2. The van der Waals surface area contributed by atoms with Gasteiger partial charge in [-0.2, -0.15) is 4.98 Å². The van der Waals surface area contributed by atoms with Gasteiger partial charge in [-0.05, 0) is 64.1 Å². The Morgan fingerprint density at radius 1 is 1.10 bits per heavy atom. The Balaban J connectivity index is 0.00000484. The summed E-state index contributed by atoms with van der Waals surface area (Å²) in [6, 6.07) is 8.72. The number of nitrogens with zero attached hydrogens (tertiary/aromatic N) is 2. The van der Waals surface area contributed by atoms with E-state index >= 15 is 0 Å². The van der Waals surface area contributed by atoms with Gasteiger partial charge in [0.05, 0.1) is 41.3 Å². The number of sulfone groups is 1. The minimum absolute atomic E-state index is 0. The van der Waals surface area contributed by atoms with Crippen LogP contribution in [-0.2, 0) is 31.6 Å². The number of benzene rings is 2. The number of aryl methyl sites for hydroxylation is 1. The molecule has 2 heterocycles. The SMILES string of the molecule is COc1ccc2nc([S+]([O-])Cc3ncc(C)c(OC)c3C)[nH]c2c1S(=O)(=O)c1ccc(OCC(C)(C)C(=O)O)cc1.[Li]. The van der Waals surface area contributed by atoms with Crippen LogP contribution in [0.4, 0.5) is 0 Å². The zero-order chi connectivity index (χ0) is 30.1. The molecule has 2 N–H and O–H groups in total. The van der Waals surface area contributed by atoms with Crippen LogP contribution in [0.1, 0.15) is 30.7 Å². The number of hydrogen-bond donors (Lipinski definition) is 2. The van der Waals surface area contributed by atoms with Crippen molar-refractivity contribution in [3.05, 3.63) is 59.4 Å². The molecule has 0 aliphatic heterocycles. The molecule has 219 valence electrons. The van der Waals surface area contributed by atoms with Crippen LogP contribution >= 0.6 is 0 Å². The molecule has 4 rings (SSSR count). The molecule has 0 aliphatic carbocycles. The van der Waals surface area contributed by atoms with Gasteiger partial charge in [-0.25, -0.2) is 8.42 Å². The quantitative estimate of drug-likeness (QED) is 0.189. The van der Waals surface area contributed by atoms with Crippen molar-refractivity contribution in [2.75, 3.05) is 20.8 Å². The Labute approximate surface area is 259 Å². The van der Waals surface area contributed by atoms with Crippen molar-refractivity contribution >= 4 is 56.9 Å². The fourth-order valence-electron chi connectivity index (χ4n) is 4.11. The number of aliphatic carboxylic acids is 1. The first-order valence-corrected chi connectivity index (χ1v) is 15.3. The Morgan fingerprint density at radius 3 is 2.36 bits per heavy atom. The van der Waals surface area contributed by atoms with Crippen LogP contribution in [0.15, 0.2) is 57.5 Å². The van der Waals surface area contributed by atoms with Gasteiger partial charge >= 0.3 is 11.1 Å². The smallest absolute Gasteiger partial charge is 0.322 e. The number of nitrogens with one attached hydrogen (secondary N) is 1. The molecule has 0 aliphatic rings. The maximum absolute atomic E-state index is 13.8. The van der Waals surface area contributed by atoms with Crippen molar-refractivity contribution in [3.8, 4) is 17.2 Å². The number of carbonyl (C=O) groups is 1. The summed E-state index contributed by atoms with van der Waals surface area (Å²) in [7, 11) is -1.23. The molecule has 1 unspecified atom stereocenters. The Bertz CT molecular complexity index is 1710. The topological polar surface area (TPSA) is 164 Å². The molecule has 0 saturated carbocycles. The van der Waals surface area contributed by atoms with E-state index in [4.69, 9.17) is 14.2 Å². The van der Waals surface area contributed by atoms with Crippen molar-refractivity contribution in [2.24, 2.45) is 5.41 Å². The number of imidazole rings is 1. The summed E-state index contributed by atoms with van der Waals surface area (Å²) < 4.78 is 57.4. The Morgan fingerprint density at radius 2 is 1.76 bits per heavy atom. The van der Waals surface area contributed by atoms with E-state index in [1.807, 2.05) is 13.8 Å². The molecule has 0 saturated heterocycles. The van der Waals surface area contributed by atoms with Crippen LogP contribution in [0.25, 0.3) is 11.0 Å². The summed E-state index contributed by atoms with van der Waals surface area (Å²) in [5.74, 6) is 0.0994. The van der Waals surface area contributed by atoms with Gasteiger partial charge < -0.3 is 23.9 Å². The Kier molecular flexibility index (Phi) is 10.3. The number of carboxylic acid groups (broad SMARTS) is 1. The minimum Gasteiger partial charge on any atom is -0.609 e. The molecule has 11 nitrogen and oxygen atoms in total. The molecule has 1 atom stereocenters. The summed E-state index contributed by atoms with van der Waals surface area (Å²) in [5, 5.41) is 9.37. The van der Waals surface area contributed by atoms with Gasteiger partial charge in [0.15, 0.2) is 5.75 Å². The van der Waals surface area contributed by atoms with E-state index in [9.17, 15) is 22.9 Å². The van der Waals surface area contributed by atoms with E-state index in [1.54, 1.807) is 19.4 Å². The predicted molar refractivity (Wildman–Crippen MR) is 158 cm³/mol. The van der Waals surface area contributed by atoms with Crippen molar-refractivity contribution in [3.63, 3.8) is 0 Å². The maximum Gasteiger partial charge on any atom is 0.322 e. The number of H-pyrrole nitrogens is 1. The summed E-state index contributed by atoms with van der Waals surface area (Å²) in [5.41, 5.74) is 1.53. The summed E-state index contributed by atoms with van der Waals surface area (Å²) in [4.78, 5) is 22.9. The van der Waals surface area contributed by atoms with Gasteiger partial charge in [0, 0.05) is 47.4 Å². The van der Waals surface area contributed by atoms with Crippen LogP contribution in [0.3, 0.4) is 0 Å². The van der Waals surface area contributed by atoms with Crippen molar-refractivity contribution < 1.29 is 37.1 Å². The van der Waals surface area contributed by atoms with E-state index in [-0.39, 0.29) is 57.4 Å². The zero-order valence-electron chi connectivity index (χ0n) is 24.5. The van der Waals surface area contributed by atoms with Gasteiger partial charge in [0.1, 0.15) is 28.8 Å². The van der Waals surface area contributed by atoms with Crippen LogP contribution in [0.2, 0.25) is 0 Å².